The number of hydrogen-bond acceptors (Lipinski definition) is 6. The Bertz CT molecular complexity index is 1470. The number of ether oxygens (including phenoxy) is 1. The Kier molecular flexibility index (Phi) is 7.55. The highest BCUT2D eigenvalue weighted by atomic mass is 35.5. The molecule has 1 aliphatic rings. The van der Waals surface area contributed by atoms with Crippen LogP contribution in [-0.4, -0.2) is 47.2 Å². The molecule has 1 saturated heterocycles. The standard InChI is InChI=1S/C24H24ClN3O6S2/c1-34-19-8-4-18(5-9-19)27-35(30,31)20-10-6-17(7-11-20)26-24(29)22-16-21(12-13-23(22)25)36(32,33)28-14-2-3-15-28/h4-13,16,27H,2-3,14-15H2,1H3,(H,26,29). The van der Waals surface area contributed by atoms with Crippen molar-refractivity contribution in [2.75, 3.05) is 30.2 Å². The highest BCUT2D eigenvalue weighted by Gasteiger charge is 2.28. The third-order valence-electron chi connectivity index (χ3n) is 5.65. The van der Waals surface area contributed by atoms with Gasteiger partial charge in [-0.3, -0.25) is 9.52 Å². The topological polar surface area (TPSA) is 122 Å². The molecule has 1 aliphatic heterocycles. The summed E-state index contributed by atoms with van der Waals surface area (Å²) in [6.07, 6.45) is 1.59. The van der Waals surface area contributed by atoms with Crippen LogP contribution < -0.4 is 14.8 Å². The summed E-state index contributed by atoms with van der Waals surface area (Å²) in [4.78, 5) is 12.9. The van der Waals surface area contributed by atoms with Gasteiger partial charge in [0, 0.05) is 24.5 Å². The van der Waals surface area contributed by atoms with Crippen molar-refractivity contribution in [3.8, 4) is 5.75 Å². The van der Waals surface area contributed by atoms with Crippen LogP contribution in [0.4, 0.5) is 11.4 Å². The van der Waals surface area contributed by atoms with E-state index in [-0.39, 0.29) is 20.4 Å². The number of amides is 1. The normalized spacial score (nSPS) is 14.4. The molecule has 1 amide bonds. The van der Waals surface area contributed by atoms with E-state index in [4.69, 9.17) is 16.3 Å². The highest BCUT2D eigenvalue weighted by molar-refractivity contribution is 7.92. The van der Waals surface area contributed by atoms with Crippen molar-refractivity contribution < 1.29 is 26.4 Å². The summed E-state index contributed by atoms with van der Waals surface area (Å²) in [5.74, 6) is -0.0252. The molecule has 0 unspecified atom stereocenters. The van der Waals surface area contributed by atoms with Crippen molar-refractivity contribution in [2.45, 2.75) is 22.6 Å². The Hall–Kier alpha value is -3.12. The SMILES string of the molecule is COc1ccc(NS(=O)(=O)c2ccc(NC(=O)c3cc(S(=O)(=O)N4CCCC4)ccc3Cl)cc2)cc1. The molecule has 12 heteroatoms. The second-order valence-corrected chi connectivity index (χ2v) is 12.1. The maximum atomic E-state index is 12.9. The lowest BCUT2D eigenvalue weighted by Crippen LogP contribution is -2.28. The van der Waals surface area contributed by atoms with E-state index in [1.807, 2.05) is 0 Å². The third-order valence-corrected chi connectivity index (χ3v) is 9.27. The third kappa shape index (κ3) is 5.65. The molecule has 3 aromatic rings. The van der Waals surface area contributed by atoms with E-state index in [0.717, 1.165) is 12.8 Å². The van der Waals surface area contributed by atoms with E-state index in [0.29, 0.717) is 30.2 Å². The van der Waals surface area contributed by atoms with E-state index >= 15 is 0 Å². The molecule has 0 atom stereocenters. The number of nitrogens with one attached hydrogen (secondary N) is 2. The minimum Gasteiger partial charge on any atom is -0.497 e. The van der Waals surface area contributed by atoms with Crippen LogP contribution in [0.5, 0.6) is 5.75 Å². The zero-order valence-corrected chi connectivity index (χ0v) is 21.7. The van der Waals surface area contributed by atoms with Gasteiger partial charge in [0.25, 0.3) is 15.9 Å². The fourth-order valence-electron chi connectivity index (χ4n) is 3.71. The van der Waals surface area contributed by atoms with Gasteiger partial charge in [0.05, 0.1) is 27.5 Å². The van der Waals surface area contributed by atoms with Crippen molar-refractivity contribution in [1.29, 1.82) is 0 Å². The number of sulfonamides is 2. The Labute approximate surface area is 215 Å². The summed E-state index contributed by atoms with van der Waals surface area (Å²) in [6.45, 7) is 0.879. The number of rotatable bonds is 8. The molecule has 0 aromatic heterocycles. The summed E-state index contributed by atoms with van der Waals surface area (Å²) in [6, 6.07) is 16.0. The maximum Gasteiger partial charge on any atom is 0.261 e. The van der Waals surface area contributed by atoms with Crippen molar-refractivity contribution in [1.82, 2.24) is 4.31 Å². The van der Waals surface area contributed by atoms with Crippen molar-refractivity contribution >= 4 is 48.9 Å². The smallest absolute Gasteiger partial charge is 0.261 e. The van der Waals surface area contributed by atoms with Crippen LogP contribution in [0.2, 0.25) is 5.02 Å². The first-order valence-corrected chi connectivity index (χ1v) is 14.3. The van der Waals surface area contributed by atoms with Gasteiger partial charge in [-0.2, -0.15) is 4.31 Å². The van der Waals surface area contributed by atoms with Gasteiger partial charge in [0.15, 0.2) is 0 Å². The van der Waals surface area contributed by atoms with Crippen molar-refractivity contribution in [3.63, 3.8) is 0 Å². The molecule has 36 heavy (non-hydrogen) atoms. The van der Waals surface area contributed by atoms with Crippen LogP contribution in [0.15, 0.2) is 76.5 Å². The molecule has 1 fully saturated rings. The zero-order chi connectivity index (χ0) is 25.9. The van der Waals surface area contributed by atoms with Crippen LogP contribution in [0.25, 0.3) is 0 Å². The van der Waals surface area contributed by atoms with E-state index in [2.05, 4.69) is 10.0 Å². The average molecular weight is 550 g/mol. The lowest BCUT2D eigenvalue weighted by molar-refractivity contribution is 0.102. The summed E-state index contributed by atoms with van der Waals surface area (Å²) in [7, 11) is -6.07. The fraction of sp³-hybridized carbons (Fsp3) is 0.208. The molecule has 0 bridgehead atoms. The van der Waals surface area contributed by atoms with Gasteiger partial charge >= 0.3 is 0 Å². The minimum atomic E-state index is -3.86. The average Bonchev–Trinajstić information content (AvgIpc) is 3.41. The largest absolute Gasteiger partial charge is 0.497 e. The Morgan fingerprint density at radius 2 is 1.44 bits per heavy atom. The molecular formula is C24H24ClN3O6S2. The van der Waals surface area contributed by atoms with Gasteiger partial charge in [0.1, 0.15) is 5.75 Å². The minimum absolute atomic E-state index is 0.00481. The predicted octanol–water partition coefficient (Wildman–Crippen LogP) is 4.19. The van der Waals surface area contributed by atoms with E-state index in [9.17, 15) is 21.6 Å². The number of hydrogen-bond donors (Lipinski definition) is 2. The molecule has 3 aromatic carbocycles. The van der Waals surface area contributed by atoms with Crippen LogP contribution in [0, 0.1) is 0 Å². The maximum absolute atomic E-state index is 12.9. The molecule has 9 nitrogen and oxygen atoms in total. The molecule has 0 radical (unpaired) electrons. The van der Waals surface area contributed by atoms with Gasteiger partial charge in [-0.25, -0.2) is 16.8 Å². The fourth-order valence-corrected chi connectivity index (χ4v) is 6.51. The second kappa shape index (κ2) is 10.5. The summed E-state index contributed by atoms with van der Waals surface area (Å²) < 4.78 is 60.0. The van der Waals surface area contributed by atoms with Gasteiger partial charge in [-0.05, 0) is 79.6 Å². The quantitative estimate of drug-likeness (QED) is 0.434. The molecule has 4 rings (SSSR count). The van der Waals surface area contributed by atoms with Crippen molar-refractivity contribution in [3.05, 3.63) is 77.3 Å². The van der Waals surface area contributed by atoms with Crippen molar-refractivity contribution in [2.24, 2.45) is 0 Å². The van der Waals surface area contributed by atoms with E-state index < -0.39 is 26.0 Å². The number of benzene rings is 3. The van der Waals surface area contributed by atoms with E-state index in [1.54, 1.807) is 24.3 Å². The predicted molar refractivity (Wildman–Crippen MR) is 138 cm³/mol. The lowest BCUT2D eigenvalue weighted by Gasteiger charge is -2.16. The van der Waals surface area contributed by atoms with Crippen LogP contribution in [0.1, 0.15) is 23.2 Å². The van der Waals surface area contributed by atoms with Crippen LogP contribution >= 0.6 is 11.6 Å². The van der Waals surface area contributed by atoms with Gasteiger partial charge in [-0.1, -0.05) is 11.6 Å². The number of anilines is 2. The van der Waals surface area contributed by atoms with Crippen LogP contribution in [0.3, 0.4) is 0 Å². The summed E-state index contributed by atoms with van der Waals surface area (Å²) in [5, 5.41) is 2.72. The number of nitrogens with zero attached hydrogens (tertiary/aromatic N) is 1. The molecular weight excluding hydrogens is 526 g/mol. The monoisotopic (exact) mass is 549 g/mol. The Balaban J connectivity index is 1.48. The first kappa shape index (κ1) is 26.0. The van der Waals surface area contributed by atoms with Gasteiger partial charge in [0.2, 0.25) is 10.0 Å². The Morgan fingerprint density at radius 1 is 0.861 bits per heavy atom. The first-order chi connectivity index (χ1) is 17.1. The number of carbonyl (C=O) groups is 1. The molecule has 0 spiro atoms. The number of methoxy groups -OCH3 is 1. The first-order valence-electron chi connectivity index (χ1n) is 11.0. The number of halogens is 1. The van der Waals surface area contributed by atoms with Gasteiger partial charge in [-0.15, -0.1) is 0 Å². The van der Waals surface area contributed by atoms with Gasteiger partial charge < -0.3 is 10.1 Å². The molecule has 0 saturated carbocycles. The second-order valence-electron chi connectivity index (χ2n) is 8.07. The van der Waals surface area contributed by atoms with Crippen LogP contribution in [-0.2, 0) is 20.0 Å². The highest BCUT2D eigenvalue weighted by Crippen LogP contribution is 2.26. The number of carbonyl (C=O) groups excluding carboxylic acids is 1. The zero-order valence-electron chi connectivity index (χ0n) is 19.3. The molecule has 190 valence electrons. The molecule has 2 N–H and O–H groups in total. The molecule has 1 heterocycles. The summed E-state index contributed by atoms with van der Waals surface area (Å²) in [5.41, 5.74) is 0.675. The Morgan fingerprint density at radius 3 is 2.06 bits per heavy atom. The lowest BCUT2D eigenvalue weighted by atomic mass is 10.2. The van der Waals surface area contributed by atoms with E-state index in [1.165, 1.54) is 53.9 Å². The molecule has 0 aliphatic carbocycles. The summed E-state index contributed by atoms with van der Waals surface area (Å²) >= 11 is 6.18.